The van der Waals surface area contributed by atoms with Crippen LogP contribution < -0.4 is 10.0 Å². The van der Waals surface area contributed by atoms with Crippen molar-refractivity contribution < 1.29 is 27.2 Å². The fourth-order valence-corrected chi connectivity index (χ4v) is 3.50. The van der Waals surface area contributed by atoms with Crippen LogP contribution in [0, 0.1) is 11.3 Å². The SMILES string of the molecule is N#Cc1cccc(NC(=O)COC(=O)c2ccc(S(=O)(=O)NCc3ccco3)cc2)c1. The average Bonchev–Trinajstić information content (AvgIpc) is 3.30. The molecule has 1 aromatic heterocycles. The summed E-state index contributed by atoms with van der Waals surface area (Å²) in [6.45, 7) is -0.550. The molecule has 2 N–H and O–H groups in total. The maximum Gasteiger partial charge on any atom is 0.338 e. The highest BCUT2D eigenvalue weighted by molar-refractivity contribution is 7.89. The number of ether oxygens (including phenoxy) is 1. The van der Waals surface area contributed by atoms with Gasteiger partial charge in [0.2, 0.25) is 10.0 Å². The molecule has 0 spiro atoms. The smallest absolute Gasteiger partial charge is 0.338 e. The van der Waals surface area contributed by atoms with Crippen molar-refractivity contribution in [2.45, 2.75) is 11.4 Å². The molecule has 158 valence electrons. The predicted octanol–water partition coefficient (Wildman–Crippen LogP) is 2.43. The zero-order valence-corrected chi connectivity index (χ0v) is 16.9. The first-order chi connectivity index (χ1) is 14.9. The van der Waals surface area contributed by atoms with E-state index in [0.29, 0.717) is 17.0 Å². The molecule has 0 aliphatic heterocycles. The van der Waals surface area contributed by atoms with Crippen LogP contribution in [0.5, 0.6) is 0 Å². The van der Waals surface area contributed by atoms with Gasteiger partial charge in [-0.1, -0.05) is 6.07 Å². The van der Waals surface area contributed by atoms with E-state index in [1.54, 1.807) is 30.3 Å². The zero-order chi connectivity index (χ0) is 22.3. The van der Waals surface area contributed by atoms with Crippen LogP contribution in [-0.2, 0) is 26.1 Å². The number of rotatable bonds is 8. The van der Waals surface area contributed by atoms with Gasteiger partial charge >= 0.3 is 5.97 Å². The number of nitriles is 1. The van der Waals surface area contributed by atoms with E-state index in [1.807, 2.05) is 6.07 Å². The Morgan fingerprint density at radius 3 is 2.52 bits per heavy atom. The van der Waals surface area contributed by atoms with Crippen molar-refractivity contribution in [2.75, 3.05) is 11.9 Å². The maximum absolute atomic E-state index is 12.3. The van der Waals surface area contributed by atoms with Crippen LogP contribution >= 0.6 is 0 Å². The number of hydrogen-bond acceptors (Lipinski definition) is 7. The number of anilines is 1. The van der Waals surface area contributed by atoms with Crippen LogP contribution in [0.2, 0.25) is 0 Å². The fourth-order valence-electron chi connectivity index (χ4n) is 2.51. The number of nitrogens with zero attached hydrogens (tertiary/aromatic N) is 1. The summed E-state index contributed by atoms with van der Waals surface area (Å²) in [5.74, 6) is -0.903. The fraction of sp³-hybridized carbons (Fsp3) is 0.0952. The first-order valence-corrected chi connectivity index (χ1v) is 10.4. The zero-order valence-electron chi connectivity index (χ0n) is 16.1. The van der Waals surface area contributed by atoms with E-state index in [2.05, 4.69) is 10.0 Å². The van der Waals surface area contributed by atoms with Gasteiger partial charge in [-0.3, -0.25) is 4.79 Å². The van der Waals surface area contributed by atoms with Gasteiger partial charge in [0.05, 0.1) is 34.9 Å². The second kappa shape index (κ2) is 9.71. The Morgan fingerprint density at radius 1 is 1.06 bits per heavy atom. The Morgan fingerprint density at radius 2 is 1.84 bits per heavy atom. The molecule has 0 radical (unpaired) electrons. The van der Waals surface area contributed by atoms with Crippen LogP contribution in [0.15, 0.2) is 76.2 Å². The summed E-state index contributed by atoms with van der Waals surface area (Å²) in [4.78, 5) is 24.0. The van der Waals surface area contributed by atoms with Crippen molar-refractivity contribution in [3.8, 4) is 6.07 Å². The molecule has 0 aliphatic carbocycles. The summed E-state index contributed by atoms with van der Waals surface area (Å²) in [6.07, 6.45) is 1.44. The third-order valence-corrected chi connectivity index (χ3v) is 5.44. The molecule has 0 aliphatic rings. The Balaban J connectivity index is 1.53. The predicted molar refractivity (Wildman–Crippen MR) is 109 cm³/mol. The number of amides is 1. The number of carbonyl (C=O) groups excluding carboxylic acids is 2. The van der Waals surface area contributed by atoms with E-state index in [1.165, 1.54) is 36.6 Å². The van der Waals surface area contributed by atoms with Gasteiger partial charge in [0.25, 0.3) is 5.91 Å². The van der Waals surface area contributed by atoms with Crippen molar-refractivity contribution in [1.82, 2.24) is 4.72 Å². The molecule has 1 heterocycles. The van der Waals surface area contributed by atoms with E-state index in [-0.39, 0.29) is 17.0 Å². The van der Waals surface area contributed by atoms with E-state index in [0.717, 1.165) is 0 Å². The molecule has 0 bridgehead atoms. The summed E-state index contributed by atoms with van der Waals surface area (Å²) in [6, 6.07) is 16.6. The second-order valence-electron chi connectivity index (χ2n) is 6.25. The summed E-state index contributed by atoms with van der Waals surface area (Å²) in [5.41, 5.74) is 0.865. The number of benzene rings is 2. The minimum atomic E-state index is -3.79. The molecule has 0 unspecified atom stereocenters. The summed E-state index contributed by atoms with van der Waals surface area (Å²) in [7, 11) is -3.79. The van der Waals surface area contributed by atoms with Gasteiger partial charge in [-0.05, 0) is 54.6 Å². The number of esters is 1. The molecule has 0 atom stereocenters. The molecule has 2 aromatic carbocycles. The van der Waals surface area contributed by atoms with Crippen LogP contribution in [0.1, 0.15) is 21.7 Å². The Bertz CT molecular complexity index is 1210. The molecule has 1 amide bonds. The van der Waals surface area contributed by atoms with Crippen molar-refractivity contribution >= 4 is 27.6 Å². The molecular weight excluding hydrogens is 422 g/mol. The van der Waals surface area contributed by atoms with E-state index in [4.69, 9.17) is 14.4 Å². The van der Waals surface area contributed by atoms with Gasteiger partial charge in [0, 0.05) is 5.69 Å². The molecule has 0 saturated heterocycles. The van der Waals surface area contributed by atoms with Gasteiger partial charge < -0.3 is 14.5 Å². The lowest BCUT2D eigenvalue weighted by Gasteiger charge is -2.08. The van der Waals surface area contributed by atoms with Crippen molar-refractivity contribution in [1.29, 1.82) is 5.26 Å². The van der Waals surface area contributed by atoms with Crippen molar-refractivity contribution in [2.24, 2.45) is 0 Å². The number of sulfonamides is 1. The van der Waals surface area contributed by atoms with Crippen molar-refractivity contribution in [3.05, 3.63) is 83.8 Å². The van der Waals surface area contributed by atoms with Gasteiger partial charge in [-0.15, -0.1) is 0 Å². The van der Waals surface area contributed by atoms with Crippen LogP contribution in [0.4, 0.5) is 5.69 Å². The van der Waals surface area contributed by atoms with Crippen LogP contribution in [0.3, 0.4) is 0 Å². The Kier molecular flexibility index (Phi) is 6.81. The van der Waals surface area contributed by atoms with Gasteiger partial charge in [0.15, 0.2) is 6.61 Å². The average molecular weight is 439 g/mol. The molecular formula is C21H17N3O6S. The first-order valence-electron chi connectivity index (χ1n) is 8.96. The first kappa shape index (κ1) is 21.8. The van der Waals surface area contributed by atoms with Crippen LogP contribution in [-0.4, -0.2) is 26.9 Å². The lowest BCUT2D eigenvalue weighted by Crippen LogP contribution is -2.23. The number of carbonyl (C=O) groups is 2. The number of nitrogens with one attached hydrogen (secondary N) is 2. The van der Waals surface area contributed by atoms with E-state index >= 15 is 0 Å². The number of furan rings is 1. The topological polar surface area (TPSA) is 138 Å². The third-order valence-electron chi connectivity index (χ3n) is 4.03. The molecule has 3 aromatic rings. The summed E-state index contributed by atoms with van der Waals surface area (Å²) < 4.78 is 37.0. The highest BCUT2D eigenvalue weighted by Gasteiger charge is 2.16. The Labute approximate surface area is 178 Å². The molecule has 3 rings (SSSR count). The van der Waals surface area contributed by atoms with E-state index < -0.39 is 28.5 Å². The minimum absolute atomic E-state index is 0.00842. The molecule has 0 saturated carbocycles. The lowest BCUT2D eigenvalue weighted by atomic mass is 10.2. The second-order valence-corrected chi connectivity index (χ2v) is 8.01. The number of hydrogen-bond donors (Lipinski definition) is 2. The summed E-state index contributed by atoms with van der Waals surface area (Å²) >= 11 is 0. The largest absolute Gasteiger partial charge is 0.468 e. The Hall–Kier alpha value is -3.94. The quantitative estimate of drug-likeness (QED) is 0.514. The van der Waals surface area contributed by atoms with Gasteiger partial charge in [0.1, 0.15) is 5.76 Å². The van der Waals surface area contributed by atoms with Gasteiger partial charge in [-0.25, -0.2) is 17.9 Å². The molecule has 9 nitrogen and oxygen atoms in total. The standard InChI is InChI=1S/C21H17N3O6S/c22-12-15-3-1-4-17(11-15)24-20(25)14-30-21(26)16-6-8-19(9-7-16)31(27,28)23-13-18-5-2-10-29-18/h1-11,23H,13-14H2,(H,24,25). The van der Waals surface area contributed by atoms with Gasteiger partial charge in [-0.2, -0.15) is 5.26 Å². The normalized spacial score (nSPS) is 10.8. The van der Waals surface area contributed by atoms with Crippen molar-refractivity contribution in [3.63, 3.8) is 0 Å². The third kappa shape index (κ3) is 6.02. The summed E-state index contributed by atoms with van der Waals surface area (Å²) in [5, 5.41) is 11.4. The highest BCUT2D eigenvalue weighted by atomic mass is 32.2. The lowest BCUT2D eigenvalue weighted by molar-refractivity contribution is -0.119. The van der Waals surface area contributed by atoms with E-state index in [9.17, 15) is 18.0 Å². The molecule has 10 heteroatoms. The van der Waals surface area contributed by atoms with Crippen LogP contribution in [0.25, 0.3) is 0 Å². The molecule has 0 fully saturated rings. The molecule has 31 heavy (non-hydrogen) atoms. The maximum atomic E-state index is 12.3. The highest BCUT2D eigenvalue weighted by Crippen LogP contribution is 2.13. The minimum Gasteiger partial charge on any atom is -0.468 e. The monoisotopic (exact) mass is 439 g/mol.